The SMILES string of the molecule is Cc1ccc(S(=O)(=O)N2CCC(C(=O)N3CCN(c4ncccc4Cl)CC3)CC2)cc1. The van der Waals surface area contributed by atoms with E-state index in [4.69, 9.17) is 11.6 Å². The highest BCUT2D eigenvalue weighted by Crippen LogP contribution is 2.27. The van der Waals surface area contributed by atoms with Crippen LogP contribution in [0.4, 0.5) is 5.82 Å². The van der Waals surface area contributed by atoms with E-state index in [1.54, 1.807) is 36.5 Å². The van der Waals surface area contributed by atoms with Crippen molar-refractivity contribution in [1.29, 1.82) is 0 Å². The van der Waals surface area contributed by atoms with Crippen LogP contribution in [0.1, 0.15) is 18.4 Å². The first-order chi connectivity index (χ1) is 14.9. The maximum absolute atomic E-state index is 13.0. The number of sulfonamides is 1. The van der Waals surface area contributed by atoms with Gasteiger partial charge in [-0.3, -0.25) is 4.79 Å². The summed E-state index contributed by atoms with van der Waals surface area (Å²) >= 11 is 6.24. The Morgan fingerprint density at radius 1 is 1.00 bits per heavy atom. The molecule has 31 heavy (non-hydrogen) atoms. The zero-order valence-electron chi connectivity index (χ0n) is 17.6. The summed E-state index contributed by atoms with van der Waals surface area (Å²) < 4.78 is 27.3. The molecule has 1 amide bonds. The molecule has 0 radical (unpaired) electrons. The molecule has 0 aliphatic carbocycles. The number of aromatic nitrogens is 1. The molecule has 2 aromatic rings. The van der Waals surface area contributed by atoms with Gasteiger partial charge in [0.2, 0.25) is 15.9 Å². The van der Waals surface area contributed by atoms with Crippen molar-refractivity contribution in [1.82, 2.24) is 14.2 Å². The van der Waals surface area contributed by atoms with Gasteiger partial charge in [0.1, 0.15) is 5.82 Å². The Morgan fingerprint density at radius 3 is 2.26 bits per heavy atom. The van der Waals surface area contributed by atoms with Crippen LogP contribution >= 0.6 is 11.6 Å². The van der Waals surface area contributed by atoms with Gasteiger partial charge < -0.3 is 9.80 Å². The predicted molar refractivity (Wildman–Crippen MR) is 121 cm³/mol. The van der Waals surface area contributed by atoms with Crippen molar-refractivity contribution in [2.75, 3.05) is 44.2 Å². The van der Waals surface area contributed by atoms with Gasteiger partial charge in [0.05, 0.1) is 9.92 Å². The number of hydrogen-bond acceptors (Lipinski definition) is 5. The molecule has 0 saturated carbocycles. The fourth-order valence-corrected chi connectivity index (χ4v) is 5.92. The maximum atomic E-state index is 13.0. The lowest BCUT2D eigenvalue weighted by molar-refractivity contribution is -0.137. The summed E-state index contributed by atoms with van der Waals surface area (Å²) in [6.07, 6.45) is 2.82. The number of amides is 1. The monoisotopic (exact) mass is 462 g/mol. The van der Waals surface area contributed by atoms with E-state index in [2.05, 4.69) is 9.88 Å². The molecule has 0 spiro atoms. The second-order valence-electron chi connectivity index (χ2n) is 8.11. The minimum absolute atomic E-state index is 0.124. The van der Waals surface area contributed by atoms with E-state index in [1.165, 1.54) is 4.31 Å². The summed E-state index contributed by atoms with van der Waals surface area (Å²) in [4.78, 5) is 21.7. The standard InChI is InChI=1S/C22H27ClN4O3S/c1-17-4-6-19(7-5-17)31(29,30)27-11-8-18(9-12-27)22(28)26-15-13-25(14-16-26)21-20(23)3-2-10-24-21/h2-7,10,18H,8-9,11-16H2,1H3. The fourth-order valence-electron chi connectivity index (χ4n) is 4.21. The van der Waals surface area contributed by atoms with Gasteiger partial charge in [-0.05, 0) is 44.0 Å². The van der Waals surface area contributed by atoms with Crippen LogP contribution in [0, 0.1) is 12.8 Å². The number of halogens is 1. The Kier molecular flexibility index (Phi) is 6.50. The van der Waals surface area contributed by atoms with Crippen molar-refractivity contribution in [3.05, 3.63) is 53.2 Å². The molecule has 0 unspecified atom stereocenters. The molecule has 9 heteroatoms. The third-order valence-electron chi connectivity index (χ3n) is 6.09. The number of pyridine rings is 1. The van der Waals surface area contributed by atoms with E-state index in [-0.39, 0.29) is 11.8 Å². The first-order valence-electron chi connectivity index (χ1n) is 10.6. The Morgan fingerprint density at radius 2 is 1.65 bits per heavy atom. The fraction of sp³-hybridized carbons (Fsp3) is 0.455. The Labute approximate surface area is 188 Å². The molecule has 0 N–H and O–H groups in total. The Bertz CT molecular complexity index is 1030. The molecule has 2 aliphatic heterocycles. The van der Waals surface area contributed by atoms with Crippen LogP contribution < -0.4 is 4.90 Å². The maximum Gasteiger partial charge on any atom is 0.243 e. The number of aryl methyl sites for hydroxylation is 1. The normalized spacial score (nSPS) is 18.9. The number of piperidine rings is 1. The zero-order chi connectivity index (χ0) is 22.0. The molecule has 1 aromatic heterocycles. The molecule has 2 fully saturated rings. The summed E-state index contributed by atoms with van der Waals surface area (Å²) in [5.41, 5.74) is 1.02. The van der Waals surface area contributed by atoms with Gasteiger partial charge in [0.15, 0.2) is 0 Å². The van der Waals surface area contributed by atoms with Crippen LogP contribution in [0.5, 0.6) is 0 Å². The van der Waals surface area contributed by atoms with Crippen LogP contribution in [0.2, 0.25) is 5.02 Å². The molecule has 2 saturated heterocycles. The van der Waals surface area contributed by atoms with E-state index in [0.717, 1.165) is 11.4 Å². The Balaban J connectivity index is 1.32. The largest absolute Gasteiger partial charge is 0.352 e. The summed E-state index contributed by atoms with van der Waals surface area (Å²) in [5.74, 6) is 0.750. The second-order valence-corrected chi connectivity index (χ2v) is 10.5. The summed E-state index contributed by atoms with van der Waals surface area (Å²) in [6, 6.07) is 10.5. The number of benzene rings is 1. The molecule has 0 bridgehead atoms. The van der Waals surface area contributed by atoms with E-state index in [0.29, 0.717) is 62.0 Å². The third kappa shape index (κ3) is 4.71. The second kappa shape index (κ2) is 9.14. The van der Waals surface area contributed by atoms with Crippen LogP contribution in [-0.2, 0) is 14.8 Å². The van der Waals surface area contributed by atoms with Crippen molar-refractivity contribution in [3.8, 4) is 0 Å². The average molecular weight is 463 g/mol. The molecule has 7 nitrogen and oxygen atoms in total. The minimum atomic E-state index is -3.51. The van der Waals surface area contributed by atoms with Crippen LogP contribution in [0.3, 0.4) is 0 Å². The third-order valence-corrected chi connectivity index (χ3v) is 8.30. The predicted octanol–water partition coefficient (Wildman–Crippen LogP) is 2.79. The minimum Gasteiger partial charge on any atom is -0.352 e. The highest BCUT2D eigenvalue weighted by molar-refractivity contribution is 7.89. The van der Waals surface area contributed by atoms with Gasteiger partial charge in [-0.25, -0.2) is 13.4 Å². The molecule has 2 aliphatic rings. The zero-order valence-corrected chi connectivity index (χ0v) is 19.1. The number of carbonyl (C=O) groups is 1. The highest BCUT2D eigenvalue weighted by atomic mass is 35.5. The molecular formula is C22H27ClN4O3S. The Hall–Kier alpha value is -2.16. The number of hydrogen-bond donors (Lipinski definition) is 0. The number of nitrogens with zero attached hydrogens (tertiary/aromatic N) is 4. The average Bonchev–Trinajstić information content (AvgIpc) is 2.79. The van der Waals surface area contributed by atoms with E-state index >= 15 is 0 Å². The first kappa shape index (κ1) is 22.0. The topological polar surface area (TPSA) is 73.8 Å². The van der Waals surface area contributed by atoms with Gasteiger partial charge in [0.25, 0.3) is 0 Å². The molecule has 0 atom stereocenters. The van der Waals surface area contributed by atoms with E-state index in [1.807, 2.05) is 17.9 Å². The summed E-state index contributed by atoms with van der Waals surface area (Å²) in [5, 5.41) is 0.615. The van der Waals surface area contributed by atoms with Crippen molar-refractivity contribution in [2.45, 2.75) is 24.7 Å². The smallest absolute Gasteiger partial charge is 0.243 e. The molecule has 4 rings (SSSR count). The molecular weight excluding hydrogens is 436 g/mol. The van der Waals surface area contributed by atoms with E-state index < -0.39 is 10.0 Å². The van der Waals surface area contributed by atoms with Gasteiger partial charge >= 0.3 is 0 Å². The van der Waals surface area contributed by atoms with E-state index in [9.17, 15) is 13.2 Å². The highest BCUT2D eigenvalue weighted by Gasteiger charge is 2.34. The molecule has 166 valence electrons. The number of carbonyl (C=O) groups excluding carboxylic acids is 1. The van der Waals surface area contributed by atoms with Gasteiger partial charge in [-0.1, -0.05) is 29.3 Å². The van der Waals surface area contributed by atoms with Crippen LogP contribution in [0.15, 0.2) is 47.5 Å². The summed E-state index contributed by atoms with van der Waals surface area (Å²) in [7, 11) is -3.51. The van der Waals surface area contributed by atoms with Crippen molar-refractivity contribution in [2.24, 2.45) is 5.92 Å². The molecule has 1 aromatic carbocycles. The first-order valence-corrected chi connectivity index (χ1v) is 12.4. The van der Waals surface area contributed by atoms with Crippen molar-refractivity contribution >= 4 is 33.3 Å². The number of anilines is 1. The van der Waals surface area contributed by atoms with Gasteiger partial charge in [0, 0.05) is 51.4 Å². The van der Waals surface area contributed by atoms with Gasteiger partial charge in [-0.2, -0.15) is 4.31 Å². The quantitative estimate of drug-likeness (QED) is 0.698. The number of rotatable bonds is 4. The van der Waals surface area contributed by atoms with Crippen LogP contribution in [0.25, 0.3) is 0 Å². The lowest BCUT2D eigenvalue weighted by atomic mass is 9.96. The van der Waals surface area contributed by atoms with Gasteiger partial charge in [-0.15, -0.1) is 0 Å². The van der Waals surface area contributed by atoms with Crippen molar-refractivity contribution in [3.63, 3.8) is 0 Å². The number of piperazine rings is 1. The summed E-state index contributed by atoms with van der Waals surface area (Å²) in [6.45, 7) is 5.28. The van der Waals surface area contributed by atoms with Crippen molar-refractivity contribution < 1.29 is 13.2 Å². The molecule has 3 heterocycles. The lowest BCUT2D eigenvalue weighted by Gasteiger charge is -2.38. The lowest BCUT2D eigenvalue weighted by Crippen LogP contribution is -2.52. The van der Waals surface area contributed by atoms with Crippen LogP contribution in [-0.4, -0.2) is 67.8 Å².